The Morgan fingerprint density at radius 2 is 2.38 bits per heavy atom. The zero-order valence-corrected chi connectivity index (χ0v) is 10.8. The van der Waals surface area contributed by atoms with Crippen molar-refractivity contribution in [2.45, 2.75) is 51.1 Å². The zero-order valence-electron chi connectivity index (χ0n) is 9.99. The SMILES string of the molecule is CC(Cc1ccsc1)NC1CC2CCC1C2. The van der Waals surface area contributed by atoms with E-state index in [9.17, 15) is 0 Å². The highest BCUT2D eigenvalue weighted by molar-refractivity contribution is 7.07. The molecule has 88 valence electrons. The number of hydrogen-bond acceptors (Lipinski definition) is 2. The quantitative estimate of drug-likeness (QED) is 0.843. The van der Waals surface area contributed by atoms with E-state index >= 15 is 0 Å². The Balaban J connectivity index is 1.51. The number of thiophene rings is 1. The highest BCUT2D eigenvalue weighted by atomic mass is 32.1. The van der Waals surface area contributed by atoms with Crippen molar-refractivity contribution in [3.05, 3.63) is 22.4 Å². The predicted octanol–water partition coefficient (Wildman–Crippen LogP) is 3.46. The van der Waals surface area contributed by atoms with E-state index in [0.29, 0.717) is 6.04 Å². The van der Waals surface area contributed by atoms with Gasteiger partial charge in [-0.1, -0.05) is 6.42 Å². The van der Waals surface area contributed by atoms with Gasteiger partial charge in [-0.3, -0.25) is 0 Å². The monoisotopic (exact) mass is 235 g/mol. The lowest BCUT2D eigenvalue weighted by atomic mass is 9.94. The van der Waals surface area contributed by atoms with Gasteiger partial charge in [0, 0.05) is 12.1 Å². The Morgan fingerprint density at radius 1 is 1.44 bits per heavy atom. The van der Waals surface area contributed by atoms with Gasteiger partial charge in [0.2, 0.25) is 0 Å². The fraction of sp³-hybridized carbons (Fsp3) is 0.714. The number of nitrogens with one attached hydrogen (secondary N) is 1. The lowest BCUT2D eigenvalue weighted by Crippen LogP contribution is -2.40. The summed E-state index contributed by atoms with van der Waals surface area (Å²) in [6, 6.07) is 3.72. The van der Waals surface area contributed by atoms with Crippen molar-refractivity contribution >= 4 is 11.3 Å². The molecule has 4 unspecified atom stereocenters. The van der Waals surface area contributed by atoms with E-state index in [1.165, 1.54) is 37.7 Å². The molecule has 1 heterocycles. The second-order valence-corrected chi connectivity index (χ2v) is 6.46. The molecule has 0 amide bonds. The summed E-state index contributed by atoms with van der Waals surface area (Å²) in [5, 5.41) is 8.31. The first-order valence-electron chi connectivity index (χ1n) is 6.58. The van der Waals surface area contributed by atoms with Gasteiger partial charge in [0.25, 0.3) is 0 Å². The summed E-state index contributed by atoms with van der Waals surface area (Å²) in [4.78, 5) is 0. The molecule has 1 nitrogen and oxygen atoms in total. The van der Waals surface area contributed by atoms with Gasteiger partial charge in [-0.05, 0) is 66.8 Å². The van der Waals surface area contributed by atoms with Gasteiger partial charge in [-0.15, -0.1) is 0 Å². The lowest BCUT2D eigenvalue weighted by Gasteiger charge is -2.26. The molecule has 1 aromatic heterocycles. The maximum Gasteiger partial charge on any atom is 0.0101 e. The first kappa shape index (κ1) is 10.8. The summed E-state index contributed by atoms with van der Waals surface area (Å²) in [5.41, 5.74) is 1.49. The van der Waals surface area contributed by atoms with E-state index in [4.69, 9.17) is 0 Å². The zero-order chi connectivity index (χ0) is 11.0. The van der Waals surface area contributed by atoms with Crippen molar-refractivity contribution in [1.82, 2.24) is 5.32 Å². The van der Waals surface area contributed by atoms with Crippen molar-refractivity contribution < 1.29 is 0 Å². The summed E-state index contributed by atoms with van der Waals surface area (Å²) < 4.78 is 0. The van der Waals surface area contributed by atoms with Crippen LogP contribution in [0.15, 0.2) is 16.8 Å². The Kier molecular flexibility index (Phi) is 3.03. The molecule has 0 spiro atoms. The highest BCUT2D eigenvalue weighted by Gasteiger charge is 2.39. The van der Waals surface area contributed by atoms with Crippen LogP contribution in [-0.4, -0.2) is 12.1 Å². The van der Waals surface area contributed by atoms with Crippen molar-refractivity contribution in [3.8, 4) is 0 Å². The summed E-state index contributed by atoms with van der Waals surface area (Å²) in [7, 11) is 0. The molecule has 1 N–H and O–H groups in total. The Labute approximate surface area is 102 Å². The molecule has 2 heteroatoms. The maximum atomic E-state index is 3.85. The summed E-state index contributed by atoms with van der Waals surface area (Å²) >= 11 is 1.81. The first-order chi connectivity index (χ1) is 7.81. The van der Waals surface area contributed by atoms with Crippen LogP contribution < -0.4 is 5.32 Å². The third-order valence-electron chi connectivity index (χ3n) is 4.36. The van der Waals surface area contributed by atoms with Crippen LogP contribution in [0, 0.1) is 11.8 Å². The van der Waals surface area contributed by atoms with Gasteiger partial charge in [0.15, 0.2) is 0 Å². The van der Waals surface area contributed by atoms with Crippen LogP contribution in [0.3, 0.4) is 0 Å². The van der Waals surface area contributed by atoms with E-state index < -0.39 is 0 Å². The Bertz CT molecular complexity index is 333. The Hall–Kier alpha value is -0.340. The topological polar surface area (TPSA) is 12.0 Å². The van der Waals surface area contributed by atoms with Crippen molar-refractivity contribution in [2.75, 3.05) is 0 Å². The smallest absolute Gasteiger partial charge is 0.0101 e. The minimum Gasteiger partial charge on any atom is -0.311 e. The molecule has 4 atom stereocenters. The number of rotatable bonds is 4. The molecule has 0 saturated heterocycles. The van der Waals surface area contributed by atoms with Crippen LogP contribution in [0.1, 0.15) is 38.2 Å². The highest BCUT2D eigenvalue weighted by Crippen LogP contribution is 2.44. The van der Waals surface area contributed by atoms with E-state index in [0.717, 1.165) is 17.9 Å². The normalized spacial score (nSPS) is 34.4. The minimum atomic E-state index is 0.638. The third kappa shape index (κ3) is 2.18. The van der Waals surface area contributed by atoms with E-state index in [-0.39, 0.29) is 0 Å². The average Bonchev–Trinajstić information content (AvgIpc) is 2.92. The number of hydrogen-bond donors (Lipinski definition) is 1. The van der Waals surface area contributed by atoms with Gasteiger partial charge in [-0.25, -0.2) is 0 Å². The van der Waals surface area contributed by atoms with Gasteiger partial charge in [0.1, 0.15) is 0 Å². The standard InChI is InChI=1S/C14H21NS/c1-10(6-12-4-5-16-9-12)15-14-8-11-2-3-13(14)7-11/h4-5,9-11,13-15H,2-3,6-8H2,1H3. The molecule has 2 bridgehead atoms. The lowest BCUT2D eigenvalue weighted by molar-refractivity contribution is 0.324. The van der Waals surface area contributed by atoms with Crippen molar-refractivity contribution in [2.24, 2.45) is 11.8 Å². The summed E-state index contributed by atoms with van der Waals surface area (Å²) in [5.74, 6) is 2.05. The van der Waals surface area contributed by atoms with Crippen LogP contribution >= 0.6 is 11.3 Å². The maximum absolute atomic E-state index is 3.85. The van der Waals surface area contributed by atoms with Crippen molar-refractivity contribution in [3.63, 3.8) is 0 Å². The minimum absolute atomic E-state index is 0.638. The molecule has 0 radical (unpaired) electrons. The predicted molar refractivity (Wildman–Crippen MR) is 69.9 cm³/mol. The summed E-state index contributed by atoms with van der Waals surface area (Å²) in [6.07, 6.45) is 7.12. The molecular weight excluding hydrogens is 214 g/mol. The fourth-order valence-electron chi connectivity index (χ4n) is 3.64. The number of fused-ring (bicyclic) bond motifs is 2. The third-order valence-corrected chi connectivity index (χ3v) is 5.09. The van der Waals surface area contributed by atoms with Crippen LogP contribution in [0.2, 0.25) is 0 Å². The molecule has 2 fully saturated rings. The molecule has 0 aliphatic heterocycles. The van der Waals surface area contributed by atoms with Gasteiger partial charge in [0.05, 0.1) is 0 Å². The van der Waals surface area contributed by atoms with E-state index in [1.807, 2.05) is 11.3 Å². The molecular formula is C14H21NS. The molecule has 1 aromatic rings. The largest absolute Gasteiger partial charge is 0.311 e. The van der Waals surface area contributed by atoms with Gasteiger partial charge in [-0.2, -0.15) is 11.3 Å². The van der Waals surface area contributed by atoms with E-state index in [2.05, 4.69) is 29.1 Å². The van der Waals surface area contributed by atoms with Crippen molar-refractivity contribution in [1.29, 1.82) is 0 Å². The first-order valence-corrected chi connectivity index (χ1v) is 7.52. The molecule has 16 heavy (non-hydrogen) atoms. The molecule has 2 aliphatic rings. The molecule has 3 rings (SSSR count). The van der Waals surface area contributed by atoms with Gasteiger partial charge >= 0.3 is 0 Å². The van der Waals surface area contributed by atoms with Crippen LogP contribution in [0.4, 0.5) is 0 Å². The van der Waals surface area contributed by atoms with Crippen LogP contribution in [0.25, 0.3) is 0 Å². The molecule has 0 aromatic carbocycles. The molecule has 2 aliphatic carbocycles. The average molecular weight is 235 g/mol. The van der Waals surface area contributed by atoms with Crippen LogP contribution in [-0.2, 0) is 6.42 Å². The molecule has 2 saturated carbocycles. The van der Waals surface area contributed by atoms with Crippen LogP contribution in [0.5, 0.6) is 0 Å². The Morgan fingerprint density at radius 3 is 3.00 bits per heavy atom. The summed E-state index contributed by atoms with van der Waals surface area (Å²) in [6.45, 7) is 2.34. The van der Waals surface area contributed by atoms with E-state index in [1.54, 1.807) is 0 Å². The van der Waals surface area contributed by atoms with Gasteiger partial charge < -0.3 is 5.32 Å². The second kappa shape index (κ2) is 4.50. The fourth-order valence-corrected chi connectivity index (χ4v) is 4.32. The second-order valence-electron chi connectivity index (χ2n) is 5.68.